The number of rotatable bonds is 6. The Morgan fingerprint density at radius 3 is 0.676 bits per heavy atom. The van der Waals surface area contributed by atoms with Gasteiger partial charge in [-0.1, -0.05) is 0 Å². The van der Waals surface area contributed by atoms with Gasteiger partial charge in [0.25, 0.3) is 0 Å². The van der Waals surface area contributed by atoms with Crippen LogP contribution in [0.5, 0.6) is 0 Å². The van der Waals surface area contributed by atoms with Crippen molar-refractivity contribution < 1.29 is 0 Å². The van der Waals surface area contributed by atoms with E-state index in [9.17, 15) is 0 Å². The molecule has 37 heavy (non-hydrogen) atoms. The summed E-state index contributed by atoms with van der Waals surface area (Å²) in [6, 6.07) is 60.0. The van der Waals surface area contributed by atoms with Crippen LogP contribution < -0.4 is 9.37 Å². The SMILES string of the molecule is c1ccc(-c2cc[c]([Pb]([c]3ccc(-c4ccccc4)cc3)[c]3ccc(-c4ccccc4)cc3)cc2)cc1. The predicted octanol–water partition coefficient (Wildman–Crippen LogP) is 7.20. The van der Waals surface area contributed by atoms with E-state index >= 15 is 0 Å². The number of hydrogen-bond donors (Lipinski definition) is 0. The van der Waals surface area contributed by atoms with Crippen molar-refractivity contribution in [3.05, 3.63) is 164 Å². The van der Waals surface area contributed by atoms with E-state index in [0.29, 0.717) is 0 Å². The van der Waals surface area contributed by atoms with Crippen LogP contribution >= 0.6 is 0 Å². The van der Waals surface area contributed by atoms with Crippen molar-refractivity contribution in [1.82, 2.24) is 0 Å². The molecule has 0 bridgehead atoms. The van der Waals surface area contributed by atoms with Crippen molar-refractivity contribution in [2.24, 2.45) is 0 Å². The van der Waals surface area contributed by atoms with Gasteiger partial charge in [-0.3, -0.25) is 0 Å². The van der Waals surface area contributed by atoms with Crippen molar-refractivity contribution in [2.45, 2.75) is 0 Å². The average molecular weight is 667 g/mol. The molecule has 6 aromatic rings. The monoisotopic (exact) mass is 667 g/mol. The van der Waals surface area contributed by atoms with Gasteiger partial charge in [-0.05, 0) is 0 Å². The average Bonchev–Trinajstić information content (AvgIpc) is 3.00. The van der Waals surface area contributed by atoms with Crippen LogP contribution in [-0.4, -0.2) is 22.7 Å². The standard InChI is InChI=1S/3C12H9.Pb/c3*1-3-7-11(8-4-1)12-9-5-2-6-10-12;/h3*1,3-10H;. The first-order chi connectivity index (χ1) is 18.3. The van der Waals surface area contributed by atoms with E-state index in [0.717, 1.165) is 0 Å². The van der Waals surface area contributed by atoms with Crippen LogP contribution in [0.15, 0.2) is 164 Å². The summed E-state index contributed by atoms with van der Waals surface area (Å²) in [7, 11) is 0. The molecule has 0 amide bonds. The molecule has 6 aromatic carbocycles. The molecule has 0 heterocycles. The fraction of sp³-hybridized carbons (Fsp3) is 0. The van der Waals surface area contributed by atoms with Crippen molar-refractivity contribution in [3.63, 3.8) is 0 Å². The van der Waals surface area contributed by atoms with E-state index in [2.05, 4.69) is 164 Å². The predicted molar refractivity (Wildman–Crippen MR) is 160 cm³/mol. The molecule has 175 valence electrons. The summed E-state index contributed by atoms with van der Waals surface area (Å²) < 4.78 is 4.51. The van der Waals surface area contributed by atoms with Gasteiger partial charge in [0.15, 0.2) is 0 Å². The Morgan fingerprint density at radius 1 is 0.216 bits per heavy atom. The van der Waals surface area contributed by atoms with Crippen molar-refractivity contribution >= 4 is 32.1 Å². The topological polar surface area (TPSA) is 0 Å². The van der Waals surface area contributed by atoms with Crippen LogP contribution in [0.25, 0.3) is 33.4 Å². The molecule has 0 aliphatic rings. The first-order valence-corrected chi connectivity index (χ1v) is 18.5. The van der Waals surface area contributed by atoms with Gasteiger partial charge < -0.3 is 0 Å². The Labute approximate surface area is 228 Å². The maximum absolute atomic E-state index is 2.61. The van der Waals surface area contributed by atoms with Crippen molar-refractivity contribution in [3.8, 4) is 33.4 Å². The molecule has 1 radical (unpaired) electrons. The minimum atomic E-state index is -2.61. The molecule has 0 nitrogen and oxygen atoms in total. The van der Waals surface area contributed by atoms with Crippen LogP contribution in [0, 0.1) is 0 Å². The zero-order chi connectivity index (χ0) is 24.9. The zero-order valence-electron chi connectivity index (χ0n) is 20.6. The van der Waals surface area contributed by atoms with E-state index in [4.69, 9.17) is 0 Å². The maximum atomic E-state index is 2.38. The number of benzene rings is 6. The van der Waals surface area contributed by atoms with Crippen LogP contribution in [0.2, 0.25) is 0 Å². The summed E-state index contributed by atoms with van der Waals surface area (Å²) >= 11 is -2.61. The Morgan fingerprint density at radius 2 is 0.432 bits per heavy atom. The summed E-state index contributed by atoms with van der Waals surface area (Å²) in [4.78, 5) is 0. The Hall–Kier alpha value is -3.76. The fourth-order valence-corrected chi connectivity index (χ4v) is 14.6. The van der Waals surface area contributed by atoms with E-state index in [1.54, 1.807) is 0 Å². The van der Waals surface area contributed by atoms with Gasteiger partial charge in [0.2, 0.25) is 0 Å². The van der Waals surface area contributed by atoms with Gasteiger partial charge in [-0.25, -0.2) is 0 Å². The molecule has 0 saturated heterocycles. The van der Waals surface area contributed by atoms with Gasteiger partial charge >= 0.3 is 229 Å². The summed E-state index contributed by atoms with van der Waals surface area (Å²) in [6.45, 7) is 0. The van der Waals surface area contributed by atoms with E-state index in [1.165, 1.54) is 42.7 Å². The van der Waals surface area contributed by atoms with Crippen LogP contribution in [0.1, 0.15) is 0 Å². The van der Waals surface area contributed by atoms with Crippen LogP contribution in [0.3, 0.4) is 0 Å². The molecule has 0 aliphatic carbocycles. The molecule has 1 heteroatoms. The minimum absolute atomic E-state index is 1.26. The summed E-state index contributed by atoms with van der Waals surface area (Å²) in [5.41, 5.74) is 7.61. The van der Waals surface area contributed by atoms with Gasteiger partial charge in [0.05, 0.1) is 0 Å². The van der Waals surface area contributed by atoms with E-state index in [-0.39, 0.29) is 0 Å². The molecule has 0 atom stereocenters. The molecule has 0 fully saturated rings. The molecule has 0 aromatic heterocycles. The second-order valence-corrected chi connectivity index (χ2v) is 18.9. The van der Waals surface area contributed by atoms with Crippen molar-refractivity contribution in [2.75, 3.05) is 0 Å². The fourth-order valence-electron chi connectivity index (χ4n) is 4.88. The van der Waals surface area contributed by atoms with Gasteiger partial charge in [0.1, 0.15) is 0 Å². The van der Waals surface area contributed by atoms with E-state index in [1.807, 2.05) is 0 Å². The molecule has 0 unspecified atom stereocenters. The Kier molecular flexibility index (Phi) is 7.09. The first kappa shape index (κ1) is 23.6. The molecular weight excluding hydrogens is 640 g/mol. The Bertz CT molecular complexity index is 1360. The molecular formula is C36H27Pb. The second-order valence-electron chi connectivity index (χ2n) is 9.21. The summed E-state index contributed by atoms with van der Waals surface area (Å²) in [5, 5.41) is 0. The third-order valence-electron chi connectivity index (χ3n) is 6.84. The third kappa shape index (κ3) is 5.35. The summed E-state index contributed by atoms with van der Waals surface area (Å²) in [6.07, 6.45) is 0. The van der Waals surface area contributed by atoms with Crippen LogP contribution in [-0.2, 0) is 0 Å². The molecule has 0 N–H and O–H groups in total. The molecule has 0 saturated carbocycles. The molecule has 6 rings (SSSR count). The third-order valence-corrected chi connectivity index (χ3v) is 17.5. The van der Waals surface area contributed by atoms with Gasteiger partial charge in [-0.2, -0.15) is 0 Å². The van der Waals surface area contributed by atoms with Crippen LogP contribution in [0.4, 0.5) is 0 Å². The summed E-state index contributed by atoms with van der Waals surface area (Å²) in [5.74, 6) is 0. The van der Waals surface area contributed by atoms with Gasteiger partial charge in [-0.15, -0.1) is 0 Å². The quantitative estimate of drug-likeness (QED) is 0.165. The van der Waals surface area contributed by atoms with E-state index < -0.39 is 22.7 Å². The number of hydrogen-bond acceptors (Lipinski definition) is 0. The first-order valence-electron chi connectivity index (χ1n) is 12.7. The molecule has 0 aliphatic heterocycles. The Balaban J connectivity index is 1.38. The van der Waals surface area contributed by atoms with Crippen molar-refractivity contribution in [1.29, 1.82) is 0 Å². The normalized spacial score (nSPS) is 10.9. The van der Waals surface area contributed by atoms with Gasteiger partial charge in [0, 0.05) is 0 Å². The second kappa shape index (κ2) is 11.1. The molecule has 0 spiro atoms. The zero-order valence-corrected chi connectivity index (χ0v) is 24.5.